The van der Waals surface area contributed by atoms with Crippen LogP contribution in [0.5, 0.6) is 0 Å². The highest BCUT2D eigenvalue weighted by Crippen LogP contribution is 2.26. The summed E-state index contributed by atoms with van der Waals surface area (Å²) in [6.07, 6.45) is 1.01. The molecular formula is C19H27N7O2. The molecule has 9 heteroatoms. The second-order valence-corrected chi connectivity index (χ2v) is 8.78. The fourth-order valence-corrected chi connectivity index (χ4v) is 3.77. The van der Waals surface area contributed by atoms with Gasteiger partial charge in [-0.05, 0) is 18.6 Å². The zero-order chi connectivity index (χ0) is 20.1. The lowest BCUT2D eigenvalue weighted by molar-refractivity contribution is -0.141. The van der Waals surface area contributed by atoms with Crippen molar-refractivity contribution < 1.29 is 9.59 Å². The Bertz CT molecular complexity index is 911. The fourth-order valence-electron chi connectivity index (χ4n) is 3.77. The second kappa shape index (κ2) is 6.72. The van der Waals surface area contributed by atoms with Crippen molar-refractivity contribution in [2.24, 2.45) is 5.92 Å². The molecule has 0 spiro atoms. The predicted molar refractivity (Wildman–Crippen MR) is 104 cm³/mol. The van der Waals surface area contributed by atoms with Crippen molar-refractivity contribution in [2.75, 3.05) is 31.6 Å². The Hall–Kier alpha value is -2.71. The first-order chi connectivity index (χ1) is 13.2. The van der Waals surface area contributed by atoms with Gasteiger partial charge in [0, 0.05) is 44.4 Å². The number of fused-ring (bicyclic) bond motifs is 1. The molecule has 0 aromatic carbocycles. The Balaban J connectivity index is 1.43. The van der Waals surface area contributed by atoms with Crippen LogP contribution in [-0.4, -0.2) is 69.2 Å². The number of nitrogens with one attached hydrogen (secondary N) is 1. The largest absolute Gasteiger partial charge is 0.356 e. The van der Waals surface area contributed by atoms with Crippen molar-refractivity contribution >= 4 is 23.3 Å². The van der Waals surface area contributed by atoms with Crippen LogP contribution in [0.2, 0.25) is 0 Å². The standard InChI is InChI=1S/C19H27N7O2/c1-19(2,3)18-22-21-14-5-6-15(23-26(14)18)25-10-13(11-25)24(4)17(28)12-7-8-20-16(27)9-12/h5-6,12-13H,7-11H2,1-4H3,(H,20,27). The maximum Gasteiger partial charge on any atom is 0.226 e. The average molecular weight is 385 g/mol. The maximum atomic E-state index is 12.7. The van der Waals surface area contributed by atoms with Gasteiger partial charge >= 0.3 is 0 Å². The highest BCUT2D eigenvalue weighted by Gasteiger charge is 2.37. The van der Waals surface area contributed by atoms with Gasteiger partial charge in [0.2, 0.25) is 11.8 Å². The number of hydrogen-bond donors (Lipinski definition) is 1. The van der Waals surface area contributed by atoms with Crippen LogP contribution in [0.15, 0.2) is 12.1 Å². The van der Waals surface area contributed by atoms with Crippen molar-refractivity contribution in [1.29, 1.82) is 0 Å². The molecule has 2 fully saturated rings. The Labute approximate surface area is 164 Å². The van der Waals surface area contributed by atoms with Gasteiger partial charge in [0.25, 0.3) is 0 Å². The molecule has 28 heavy (non-hydrogen) atoms. The summed E-state index contributed by atoms with van der Waals surface area (Å²) in [6, 6.07) is 4.01. The highest BCUT2D eigenvalue weighted by molar-refractivity contribution is 5.87. The summed E-state index contributed by atoms with van der Waals surface area (Å²) in [4.78, 5) is 28.2. The van der Waals surface area contributed by atoms with E-state index in [-0.39, 0.29) is 29.2 Å². The van der Waals surface area contributed by atoms with E-state index in [1.807, 2.05) is 19.2 Å². The van der Waals surface area contributed by atoms with E-state index in [0.717, 1.165) is 30.4 Å². The maximum absolute atomic E-state index is 12.7. The molecule has 2 aromatic rings. The number of nitrogens with zero attached hydrogens (tertiary/aromatic N) is 6. The number of hydrogen-bond acceptors (Lipinski definition) is 6. The number of carbonyl (C=O) groups is 2. The zero-order valence-electron chi connectivity index (χ0n) is 16.8. The Morgan fingerprint density at radius 3 is 2.68 bits per heavy atom. The van der Waals surface area contributed by atoms with Crippen molar-refractivity contribution in [3.8, 4) is 0 Å². The first-order valence-corrected chi connectivity index (χ1v) is 9.75. The summed E-state index contributed by atoms with van der Waals surface area (Å²) < 4.78 is 1.80. The average Bonchev–Trinajstić information content (AvgIpc) is 3.03. The molecule has 2 amide bonds. The van der Waals surface area contributed by atoms with E-state index >= 15 is 0 Å². The minimum atomic E-state index is -0.200. The quantitative estimate of drug-likeness (QED) is 0.831. The summed E-state index contributed by atoms with van der Waals surface area (Å²) >= 11 is 0. The van der Waals surface area contributed by atoms with Gasteiger partial charge in [-0.2, -0.15) is 4.52 Å². The smallest absolute Gasteiger partial charge is 0.226 e. The Kier molecular flexibility index (Phi) is 4.47. The van der Waals surface area contributed by atoms with Gasteiger partial charge in [0.15, 0.2) is 11.5 Å². The lowest BCUT2D eigenvalue weighted by Gasteiger charge is -2.45. The molecule has 2 saturated heterocycles. The molecule has 4 rings (SSSR count). The number of carbonyl (C=O) groups excluding carboxylic acids is 2. The van der Waals surface area contributed by atoms with Crippen LogP contribution in [-0.2, 0) is 15.0 Å². The second-order valence-electron chi connectivity index (χ2n) is 8.78. The summed E-state index contributed by atoms with van der Waals surface area (Å²) in [5, 5.41) is 16.0. The number of aromatic nitrogens is 4. The molecular weight excluding hydrogens is 358 g/mol. The molecule has 150 valence electrons. The van der Waals surface area contributed by atoms with Gasteiger partial charge in [0.05, 0.1) is 6.04 Å². The zero-order valence-corrected chi connectivity index (χ0v) is 16.8. The van der Waals surface area contributed by atoms with Crippen LogP contribution in [0.4, 0.5) is 5.82 Å². The first kappa shape index (κ1) is 18.6. The molecule has 0 aliphatic carbocycles. The van der Waals surface area contributed by atoms with Crippen LogP contribution in [0, 0.1) is 5.92 Å². The Morgan fingerprint density at radius 2 is 2.00 bits per heavy atom. The monoisotopic (exact) mass is 385 g/mol. The number of piperidine rings is 1. The van der Waals surface area contributed by atoms with Crippen molar-refractivity contribution in [3.63, 3.8) is 0 Å². The predicted octanol–water partition coefficient (Wildman–Crippen LogP) is 0.595. The van der Waals surface area contributed by atoms with Crippen LogP contribution < -0.4 is 10.2 Å². The van der Waals surface area contributed by atoms with Gasteiger partial charge in [-0.1, -0.05) is 20.8 Å². The topological polar surface area (TPSA) is 95.7 Å². The van der Waals surface area contributed by atoms with Gasteiger partial charge in [-0.15, -0.1) is 15.3 Å². The van der Waals surface area contributed by atoms with Gasteiger partial charge < -0.3 is 15.1 Å². The van der Waals surface area contributed by atoms with E-state index in [2.05, 4.69) is 41.2 Å². The summed E-state index contributed by atoms with van der Waals surface area (Å²) in [5.74, 6) is 1.51. The Morgan fingerprint density at radius 1 is 1.25 bits per heavy atom. The van der Waals surface area contributed by atoms with E-state index < -0.39 is 0 Å². The number of anilines is 1. The van der Waals surface area contributed by atoms with Crippen molar-refractivity contribution in [1.82, 2.24) is 30.0 Å². The molecule has 9 nitrogen and oxygen atoms in total. The molecule has 2 aliphatic rings. The minimum absolute atomic E-state index is 0.0330. The van der Waals surface area contributed by atoms with E-state index in [0.29, 0.717) is 19.4 Å². The van der Waals surface area contributed by atoms with E-state index in [4.69, 9.17) is 5.10 Å². The molecule has 0 bridgehead atoms. The van der Waals surface area contributed by atoms with Crippen molar-refractivity contribution in [3.05, 3.63) is 18.0 Å². The third-order valence-electron chi connectivity index (χ3n) is 5.60. The summed E-state index contributed by atoms with van der Waals surface area (Å²) in [7, 11) is 1.84. The number of amides is 2. The lowest BCUT2D eigenvalue weighted by Crippen LogP contribution is -2.61. The lowest BCUT2D eigenvalue weighted by atomic mass is 9.94. The first-order valence-electron chi connectivity index (χ1n) is 9.75. The molecule has 1 atom stereocenters. The van der Waals surface area contributed by atoms with E-state index in [9.17, 15) is 9.59 Å². The number of likely N-dealkylation sites (N-methyl/N-ethyl adjacent to an activating group) is 1. The minimum Gasteiger partial charge on any atom is -0.356 e. The normalized spacial score (nSPS) is 20.8. The fraction of sp³-hybridized carbons (Fsp3) is 0.632. The third-order valence-corrected chi connectivity index (χ3v) is 5.60. The third kappa shape index (κ3) is 3.29. The molecule has 0 saturated carbocycles. The highest BCUT2D eigenvalue weighted by atomic mass is 16.2. The molecule has 1 unspecified atom stereocenters. The van der Waals surface area contributed by atoms with Crippen LogP contribution >= 0.6 is 0 Å². The molecule has 4 heterocycles. The SMILES string of the molecule is CN(C(=O)C1CCNC(=O)C1)C1CN(c2ccc3nnc(C(C)(C)C)n3n2)C1. The number of rotatable bonds is 3. The summed E-state index contributed by atoms with van der Waals surface area (Å²) in [6.45, 7) is 8.30. The van der Waals surface area contributed by atoms with E-state index in [1.165, 1.54) is 0 Å². The molecule has 1 N–H and O–H groups in total. The van der Waals surface area contributed by atoms with Crippen LogP contribution in [0.1, 0.15) is 39.4 Å². The van der Waals surface area contributed by atoms with Gasteiger partial charge in [-0.3, -0.25) is 9.59 Å². The van der Waals surface area contributed by atoms with Crippen LogP contribution in [0.3, 0.4) is 0 Å². The van der Waals surface area contributed by atoms with Gasteiger partial charge in [-0.25, -0.2) is 0 Å². The molecule has 0 radical (unpaired) electrons. The van der Waals surface area contributed by atoms with Crippen molar-refractivity contribution in [2.45, 2.75) is 45.1 Å². The molecule has 2 aliphatic heterocycles. The van der Waals surface area contributed by atoms with Crippen LogP contribution in [0.25, 0.3) is 5.65 Å². The van der Waals surface area contributed by atoms with E-state index in [1.54, 1.807) is 9.42 Å². The van der Waals surface area contributed by atoms with Gasteiger partial charge in [0.1, 0.15) is 5.82 Å². The molecule has 2 aromatic heterocycles. The summed E-state index contributed by atoms with van der Waals surface area (Å²) in [5.41, 5.74) is 0.579.